The molecule has 7 heteroatoms. The van der Waals surface area contributed by atoms with Gasteiger partial charge < -0.3 is 19.7 Å². The number of amides is 1. The Morgan fingerprint density at radius 3 is 2.68 bits per heavy atom. The van der Waals surface area contributed by atoms with Gasteiger partial charge in [0.25, 0.3) is 0 Å². The van der Waals surface area contributed by atoms with Crippen LogP contribution in [0.2, 0.25) is 0 Å². The van der Waals surface area contributed by atoms with Gasteiger partial charge in [0.15, 0.2) is 0 Å². The molecule has 1 aromatic heterocycles. The molecule has 0 spiro atoms. The fraction of sp³-hybridized carbons (Fsp3) is 0.292. The number of hydrogen-bond acceptors (Lipinski definition) is 6. The minimum absolute atomic E-state index is 0.0227. The number of nitrogens with one attached hydrogen (secondary N) is 1. The molecule has 2 heterocycles. The first-order valence-corrected chi connectivity index (χ1v) is 10.3. The van der Waals surface area contributed by atoms with E-state index in [1.165, 1.54) is 0 Å². The third kappa shape index (κ3) is 4.77. The summed E-state index contributed by atoms with van der Waals surface area (Å²) in [4.78, 5) is 24.0. The van der Waals surface area contributed by atoms with Crippen LogP contribution >= 0.6 is 0 Å². The summed E-state index contributed by atoms with van der Waals surface area (Å²) < 4.78 is 10.6. The van der Waals surface area contributed by atoms with E-state index in [2.05, 4.69) is 20.2 Å². The average molecular weight is 418 g/mol. The van der Waals surface area contributed by atoms with Gasteiger partial charge in [0.1, 0.15) is 23.6 Å². The summed E-state index contributed by atoms with van der Waals surface area (Å²) in [7, 11) is 3.17. The van der Waals surface area contributed by atoms with Crippen LogP contribution in [0, 0.1) is 5.92 Å². The lowest BCUT2D eigenvalue weighted by atomic mass is 9.97. The Kier molecular flexibility index (Phi) is 6.31. The SMILES string of the molecule is COc1ccc(NC(=O)C2CCCN(c3cc(-c4ccccc4)ncn3)C2)c(OC)c1. The molecule has 3 aromatic rings. The van der Waals surface area contributed by atoms with Crippen LogP contribution in [0.1, 0.15) is 12.8 Å². The molecule has 7 nitrogen and oxygen atoms in total. The highest BCUT2D eigenvalue weighted by Gasteiger charge is 2.27. The van der Waals surface area contributed by atoms with Crippen molar-refractivity contribution in [1.82, 2.24) is 9.97 Å². The Bertz CT molecular complexity index is 1040. The molecule has 160 valence electrons. The van der Waals surface area contributed by atoms with Crippen molar-refractivity contribution in [3.05, 3.63) is 60.9 Å². The number of ether oxygens (including phenoxy) is 2. The topological polar surface area (TPSA) is 76.6 Å². The second-order valence-electron chi connectivity index (χ2n) is 7.47. The largest absolute Gasteiger partial charge is 0.497 e. The molecule has 31 heavy (non-hydrogen) atoms. The second-order valence-corrected chi connectivity index (χ2v) is 7.47. The predicted molar refractivity (Wildman–Crippen MR) is 121 cm³/mol. The summed E-state index contributed by atoms with van der Waals surface area (Å²) in [5, 5.41) is 3.01. The summed E-state index contributed by atoms with van der Waals surface area (Å²) in [6, 6.07) is 17.4. The first kappa shape index (κ1) is 20.7. The van der Waals surface area contributed by atoms with Crippen LogP contribution in [-0.2, 0) is 4.79 Å². The standard InChI is InChI=1S/C24H26N4O3/c1-30-19-10-11-20(22(13-19)31-2)27-24(29)18-9-6-12-28(15-18)23-14-21(25-16-26-23)17-7-4-3-5-8-17/h3-5,7-8,10-11,13-14,16,18H,6,9,12,15H2,1-2H3,(H,27,29). The molecule has 0 radical (unpaired) electrons. The van der Waals surface area contributed by atoms with Crippen molar-refractivity contribution in [3.63, 3.8) is 0 Å². The van der Waals surface area contributed by atoms with Crippen molar-refractivity contribution in [1.29, 1.82) is 0 Å². The zero-order valence-electron chi connectivity index (χ0n) is 17.7. The van der Waals surface area contributed by atoms with Crippen molar-refractivity contribution >= 4 is 17.4 Å². The van der Waals surface area contributed by atoms with Crippen molar-refractivity contribution < 1.29 is 14.3 Å². The van der Waals surface area contributed by atoms with E-state index in [-0.39, 0.29) is 11.8 Å². The average Bonchev–Trinajstić information content (AvgIpc) is 2.85. The number of carbonyl (C=O) groups is 1. The van der Waals surface area contributed by atoms with Crippen LogP contribution < -0.4 is 19.7 Å². The van der Waals surface area contributed by atoms with E-state index in [1.54, 1.807) is 38.7 Å². The number of anilines is 2. The van der Waals surface area contributed by atoms with E-state index in [1.807, 2.05) is 36.4 Å². The molecule has 1 amide bonds. The zero-order chi connectivity index (χ0) is 21.6. The maximum absolute atomic E-state index is 13.0. The monoisotopic (exact) mass is 418 g/mol. The minimum Gasteiger partial charge on any atom is -0.497 e. The Hall–Kier alpha value is -3.61. The molecule has 1 atom stereocenters. The third-order valence-corrected chi connectivity index (χ3v) is 5.50. The Morgan fingerprint density at radius 1 is 1.06 bits per heavy atom. The van der Waals surface area contributed by atoms with E-state index in [0.29, 0.717) is 23.7 Å². The summed E-state index contributed by atoms with van der Waals surface area (Å²) >= 11 is 0. The molecule has 1 saturated heterocycles. The third-order valence-electron chi connectivity index (χ3n) is 5.50. The zero-order valence-corrected chi connectivity index (χ0v) is 17.7. The van der Waals surface area contributed by atoms with E-state index >= 15 is 0 Å². The number of nitrogens with zero attached hydrogens (tertiary/aromatic N) is 3. The van der Waals surface area contributed by atoms with Crippen molar-refractivity contribution in [2.75, 3.05) is 37.5 Å². The maximum atomic E-state index is 13.0. The fourth-order valence-corrected chi connectivity index (χ4v) is 3.82. The highest BCUT2D eigenvalue weighted by Crippen LogP contribution is 2.31. The number of aromatic nitrogens is 2. The Morgan fingerprint density at radius 2 is 1.90 bits per heavy atom. The van der Waals surface area contributed by atoms with Gasteiger partial charge >= 0.3 is 0 Å². The molecular formula is C24H26N4O3. The van der Waals surface area contributed by atoms with Gasteiger partial charge in [0.2, 0.25) is 5.91 Å². The highest BCUT2D eigenvalue weighted by atomic mass is 16.5. The smallest absolute Gasteiger partial charge is 0.229 e. The molecule has 1 fully saturated rings. The van der Waals surface area contributed by atoms with Crippen molar-refractivity contribution in [2.45, 2.75) is 12.8 Å². The van der Waals surface area contributed by atoms with Gasteiger partial charge in [-0.25, -0.2) is 9.97 Å². The Balaban J connectivity index is 1.47. The number of piperidine rings is 1. The van der Waals surface area contributed by atoms with Crippen LogP contribution in [0.15, 0.2) is 60.9 Å². The Labute approximate surface area is 182 Å². The van der Waals surface area contributed by atoms with E-state index < -0.39 is 0 Å². The fourth-order valence-electron chi connectivity index (χ4n) is 3.82. The van der Waals surface area contributed by atoms with Gasteiger partial charge in [-0.05, 0) is 25.0 Å². The highest BCUT2D eigenvalue weighted by molar-refractivity contribution is 5.94. The first-order valence-electron chi connectivity index (χ1n) is 10.3. The van der Waals surface area contributed by atoms with E-state index in [0.717, 1.165) is 36.5 Å². The number of carbonyl (C=O) groups excluding carboxylic acids is 1. The molecular weight excluding hydrogens is 392 g/mol. The predicted octanol–water partition coefficient (Wildman–Crippen LogP) is 4.02. The lowest BCUT2D eigenvalue weighted by molar-refractivity contribution is -0.120. The van der Waals surface area contributed by atoms with Gasteiger partial charge in [-0.1, -0.05) is 30.3 Å². The van der Waals surface area contributed by atoms with Crippen LogP contribution in [0.3, 0.4) is 0 Å². The maximum Gasteiger partial charge on any atom is 0.229 e. The quantitative estimate of drug-likeness (QED) is 0.652. The second kappa shape index (κ2) is 9.47. The normalized spacial score (nSPS) is 15.9. The number of benzene rings is 2. The number of rotatable bonds is 6. The molecule has 4 rings (SSSR count). The van der Waals surface area contributed by atoms with Gasteiger partial charge in [-0.15, -0.1) is 0 Å². The van der Waals surface area contributed by atoms with Crippen LogP contribution in [0.4, 0.5) is 11.5 Å². The summed E-state index contributed by atoms with van der Waals surface area (Å²) in [5.41, 5.74) is 2.56. The molecule has 0 saturated carbocycles. The van der Waals surface area contributed by atoms with Gasteiger partial charge in [0.05, 0.1) is 31.5 Å². The van der Waals surface area contributed by atoms with Crippen molar-refractivity contribution in [3.8, 4) is 22.8 Å². The summed E-state index contributed by atoms with van der Waals surface area (Å²) in [6.45, 7) is 1.47. The van der Waals surface area contributed by atoms with Gasteiger partial charge in [0, 0.05) is 30.8 Å². The summed E-state index contributed by atoms with van der Waals surface area (Å²) in [5.74, 6) is 1.93. The van der Waals surface area contributed by atoms with Crippen LogP contribution in [0.5, 0.6) is 11.5 Å². The molecule has 1 aliphatic heterocycles. The van der Waals surface area contributed by atoms with Crippen molar-refractivity contribution in [2.24, 2.45) is 5.92 Å². The van der Waals surface area contributed by atoms with E-state index in [9.17, 15) is 4.79 Å². The number of hydrogen-bond donors (Lipinski definition) is 1. The lowest BCUT2D eigenvalue weighted by Gasteiger charge is -2.33. The molecule has 0 aliphatic carbocycles. The molecule has 1 N–H and O–H groups in total. The summed E-state index contributed by atoms with van der Waals surface area (Å²) in [6.07, 6.45) is 3.34. The molecule has 1 aliphatic rings. The molecule has 2 aromatic carbocycles. The first-order chi connectivity index (χ1) is 15.2. The minimum atomic E-state index is -0.143. The number of methoxy groups -OCH3 is 2. The van der Waals surface area contributed by atoms with E-state index in [4.69, 9.17) is 9.47 Å². The molecule has 1 unspecified atom stereocenters. The van der Waals surface area contributed by atoms with Gasteiger partial charge in [-0.2, -0.15) is 0 Å². The van der Waals surface area contributed by atoms with Crippen LogP contribution in [0.25, 0.3) is 11.3 Å². The lowest BCUT2D eigenvalue weighted by Crippen LogP contribution is -2.41. The van der Waals surface area contributed by atoms with Gasteiger partial charge in [-0.3, -0.25) is 4.79 Å². The van der Waals surface area contributed by atoms with Crippen LogP contribution in [-0.4, -0.2) is 43.2 Å². The molecule has 0 bridgehead atoms.